The number of carbonyl (C=O) groups excluding carboxylic acids is 2. The summed E-state index contributed by atoms with van der Waals surface area (Å²) in [6.07, 6.45) is 1.67. The normalized spacial score (nSPS) is 15.3. The molecular formula is C17H21N5O3. The molecule has 0 aliphatic carbocycles. The smallest absolute Gasteiger partial charge is 0.277 e. The predicted octanol–water partition coefficient (Wildman–Crippen LogP) is 0.309. The number of aryl methyl sites for hydroxylation is 1. The summed E-state index contributed by atoms with van der Waals surface area (Å²) in [5.74, 6) is -0.0536. The van der Waals surface area contributed by atoms with Gasteiger partial charge in [0, 0.05) is 32.5 Å². The molecule has 1 aliphatic rings. The van der Waals surface area contributed by atoms with Crippen LogP contribution in [0.3, 0.4) is 0 Å². The van der Waals surface area contributed by atoms with Crippen molar-refractivity contribution in [2.75, 3.05) is 13.1 Å². The molecule has 2 amide bonds. The third-order valence-electron chi connectivity index (χ3n) is 4.49. The molecule has 1 saturated heterocycles. The van der Waals surface area contributed by atoms with Crippen LogP contribution in [0, 0.1) is 0 Å². The van der Waals surface area contributed by atoms with Gasteiger partial charge in [-0.25, -0.2) is 4.68 Å². The fourth-order valence-corrected chi connectivity index (χ4v) is 3.02. The number of nitrogens with one attached hydrogen (secondary N) is 1. The molecule has 0 radical (unpaired) electrons. The summed E-state index contributed by atoms with van der Waals surface area (Å²) in [5.41, 5.74) is 0.304. The van der Waals surface area contributed by atoms with Crippen LogP contribution in [0.15, 0.2) is 29.1 Å². The highest BCUT2D eigenvalue weighted by Crippen LogP contribution is 2.10. The maximum Gasteiger partial charge on any atom is 0.277 e. The Hall–Kier alpha value is -2.77. The monoisotopic (exact) mass is 343 g/mol. The van der Waals surface area contributed by atoms with Crippen LogP contribution in [-0.2, 0) is 16.1 Å². The van der Waals surface area contributed by atoms with Gasteiger partial charge in [-0.05, 0) is 25.0 Å². The lowest BCUT2D eigenvalue weighted by molar-refractivity contribution is -0.130. The van der Waals surface area contributed by atoms with Crippen molar-refractivity contribution in [1.82, 2.24) is 25.2 Å². The molecule has 1 aliphatic heterocycles. The van der Waals surface area contributed by atoms with E-state index in [9.17, 15) is 14.4 Å². The van der Waals surface area contributed by atoms with Crippen molar-refractivity contribution in [3.63, 3.8) is 0 Å². The van der Waals surface area contributed by atoms with Gasteiger partial charge in [-0.15, -0.1) is 5.10 Å². The van der Waals surface area contributed by atoms with E-state index in [1.165, 1.54) is 4.68 Å². The molecule has 3 rings (SSSR count). The van der Waals surface area contributed by atoms with Crippen molar-refractivity contribution in [2.45, 2.75) is 38.8 Å². The van der Waals surface area contributed by atoms with E-state index in [1.807, 2.05) is 0 Å². The zero-order valence-corrected chi connectivity index (χ0v) is 14.1. The lowest BCUT2D eigenvalue weighted by atomic mass is 10.0. The van der Waals surface area contributed by atoms with Gasteiger partial charge in [0.05, 0.1) is 11.9 Å². The van der Waals surface area contributed by atoms with Gasteiger partial charge in [-0.1, -0.05) is 17.3 Å². The third-order valence-corrected chi connectivity index (χ3v) is 4.49. The molecule has 1 N–H and O–H groups in total. The Bertz CT molecular complexity index is 840. The summed E-state index contributed by atoms with van der Waals surface area (Å²) >= 11 is 0. The lowest BCUT2D eigenvalue weighted by Crippen LogP contribution is -2.46. The molecule has 2 heterocycles. The molecule has 1 aromatic carbocycles. The highest BCUT2D eigenvalue weighted by Gasteiger charge is 2.21. The molecule has 8 heteroatoms. The number of carbonyl (C=O) groups is 2. The average Bonchev–Trinajstić information content (AvgIpc) is 2.62. The third kappa shape index (κ3) is 4.01. The van der Waals surface area contributed by atoms with Crippen LogP contribution in [0.25, 0.3) is 10.9 Å². The van der Waals surface area contributed by atoms with Crippen molar-refractivity contribution in [3.05, 3.63) is 34.6 Å². The topological polar surface area (TPSA) is 97.2 Å². The predicted molar refractivity (Wildman–Crippen MR) is 91.8 cm³/mol. The molecule has 1 aromatic heterocycles. The molecule has 2 aromatic rings. The Kier molecular flexibility index (Phi) is 5.06. The second kappa shape index (κ2) is 7.42. The van der Waals surface area contributed by atoms with Gasteiger partial charge in [0.15, 0.2) is 0 Å². The second-order valence-corrected chi connectivity index (χ2v) is 6.23. The van der Waals surface area contributed by atoms with E-state index in [1.54, 1.807) is 36.1 Å². The summed E-state index contributed by atoms with van der Waals surface area (Å²) in [7, 11) is 0. The van der Waals surface area contributed by atoms with E-state index in [-0.39, 0.29) is 36.4 Å². The minimum atomic E-state index is -0.242. The number of likely N-dealkylation sites (tertiary alicyclic amines) is 1. The molecule has 1 fully saturated rings. The summed E-state index contributed by atoms with van der Waals surface area (Å²) < 4.78 is 1.22. The molecule has 0 spiro atoms. The number of hydrogen-bond donors (Lipinski definition) is 1. The number of rotatable bonds is 4. The fourth-order valence-electron chi connectivity index (χ4n) is 3.02. The molecule has 0 atom stereocenters. The van der Waals surface area contributed by atoms with Gasteiger partial charge in [-0.3, -0.25) is 14.4 Å². The van der Waals surface area contributed by atoms with E-state index >= 15 is 0 Å². The first-order valence-corrected chi connectivity index (χ1v) is 8.42. The first kappa shape index (κ1) is 17.1. The lowest BCUT2D eigenvalue weighted by Gasteiger charge is -2.31. The standard InChI is InChI=1S/C17H21N5O3/c1-12(23)21-9-6-13(7-10-21)18-16(24)8-11-22-17(25)14-4-2-3-5-15(14)19-20-22/h2-5,13H,6-11H2,1H3,(H,18,24). The Morgan fingerprint density at radius 3 is 2.68 bits per heavy atom. The molecular weight excluding hydrogens is 322 g/mol. The van der Waals surface area contributed by atoms with Crippen LogP contribution in [0.5, 0.6) is 0 Å². The Labute approximate surface area is 144 Å². The Morgan fingerprint density at radius 2 is 1.96 bits per heavy atom. The van der Waals surface area contributed by atoms with Gasteiger partial charge in [0.1, 0.15) is 5.52 Å². The molecule has 0 unspecified atom stereocenters. The van der Waals surface area contributed by atoms with Crippen molar-refractivity contribution in [3.8, 4) is 0 Å². The number of piperidine rings is 1. The van der Waals surface area contributed by atoms with Crippen LogP contribution in [-0.4, -0.2) is 50.8 Å². The molecule has 132 valence electrons. The van der Waals surface area contributed by atoms with Crippen molar-refractivity contribution in [1.29, 1.82) is 0 Å². The number of fused-ring (bicyclic) bond motifs is 1. The zero-order chi connectivity index (χ0) is 17.8. The van der Waals surface area contributed by atoms with E-state index in [0.29, 0.717) is 24.0 Å². The van der Waals surface area contributed by atoms with Crippen LogP contribution >= 0.6 is 0 Å². The van der Waals surface area contributed by atoms with Crippen molar-refractivity contribution in [2.24, 2.45) is 0 Å². The van der Waals surface area contributed by atoms with Gasteiger partial charge >= 0.3 is 0 Å². The molecule has 0 bridgehead atoms. The van der Waals surface area contributed by atoms with Crippen LogP contribution in [0.1, 0.15) is 26.2 Å². The average molecular weight is 343 g/mol. The number of benzene rings is 1. The minimum absolute atomic E-state index is 0.0685. The maximum absolute atomic E-state index is 12.3. The molecule has 25 heavy (non-hydrogen) atoms. The van der Waals surface area contributed by atoms with E-state index in [2.05, 4.69) is 15.6 Å². The quantitative estimate of drug-likeness (QED) is 0.862. The van der Waals surface area contributed by atoms with Crippen LogP contribution in [0.2, 0.25) is 0 Å². The van der Waals surface area contributed by atoms with Gasteiger partial charge < -0.3 is 10.2 Å². The number of hydrogen-bond acceptors (Lipinski definition) is 5. The number of aromatic nitrogens is 3. The maximum atomic E-state index is 12.3. The summed E-state index contributed by atoms with van der Waals surface area (Å²) in [6.45, 7) is 3.07. The van der Waals surface area contributed by atoms with Crippen LogP contribution in [0.4, 0.5) is 0 Å². The molecule has 0 saturated carbocycles. The summed E-state index contributed by atoms with van der Waals surface area (Å²) in [5, 5.41) is 11.3. The van der Waals surface area contributed by atoms with E-state index in [0.717, 1.165) is 12.8 Å². The van der Waals surface area contributed by atoms with Gasteiger partial charge in [-0.2, -0.15) is 0 Å². The fraction of sp³-hybridized carbons (Fsp3) is 0.471. The highest BCUT2D eigenvalue weighted by atomic mass is 16.2. The summed E-state index contributed by atoms with van der Waals surface area (Å²) in [6, 6.07) is 7.07. The Morgan fingerprint density at radius 1 is 1.24 bits per heavy atom. The second-order valence-electron chi connectivity index (χ2n) is 6.23. The van der Waals surface area contributed by atoms with Gasteiger partial charge in [0.2, 0.25) is 11.8 Å². The number of amides is 2. The van der Waals surface area contributed by atoms with Gasteiger partial charge in [0.25, 0.3) is 5.56 Å². The minimum Gasteiger partial charge on any atom is -0.353 e. The Balaban J connectivity index is 1.54. The summed E-state index contributed by atoms with van der Waals surface area (Å²) in [4.78, 5) is 37.5. The first-order valence-electron chi connectivity index (χ1n) is 8.42. The largest absolute Gasteiger partial charge is 0.353 e. The van der Waals surface area contributed by atoms with Crippen LogP contribution < -0.4 is 10.9 Å². The molecule has 8 nitrogen and oxygen atoms in total. The van der Waals surface area contributed by atoms with E-state index in [4.69, 9.17) is 0 Å². The zero-order valence-electron chi connectivity index (χ0n) is 14.1. The van der Waals surface area contributed by atoms with Crippen molar-refractivity contribution >= 4 is 22.7 Å². The SMILES string of the molecule is CC(=O)N1CCC(NC(=O)CCn2nnc3ccccc3c2=O)CC1. The van der Waals surface area contributed by atoms with E-state index < -0.39 is 0 Å². The van der Waals surface area contributed by atoms with Crippen molar-refractivity contribution < 1.29 is 9.59 Å². The number of nitrogens with zero attached hydrogens (tertiary/aromatic N) is 4. The highest BCUT2D eigenvalue weighted by molar-refractivity contribution is 5.77. The first-order chi connectivity index (χ1) is 12.0.